The van der Waals surface area contributed by atoms with Gasteiger partial charge in [0.1, 0.15) is 0 Å². The van der Waals surface area contributed by atoms with Gasteiger partial charge in [0.15, 0.2) is 0 Å². The molecule has 0 aliphatic heterocycles. The third kappa shape index (κ3) is 93.4. The van der Waals surface area contributed by atoms with Gasteiger partial charge in [0.25, 0.3) is 0 Å². The number of nitrogens with zero attached hydrogens (tertiary/aromatic N) is 1. The Balaban J connectivity index is -0.0000000941. The average Bonchev–Trinajstić information content (AvgIpc) is 3.26. The Bertz CT molecular complexity index is 926. The number of carboxylic acid groups (broad SMARTS) is 3. The van der Waals surface area contributed by atoms with E-state index in [2.05, 4.69) is 83.1 Å². The van der Waals surface area contributed by atoms with Crippen LogP contribution in [-0.2, 0) is 97.0 Å². The Morgan fingerprint density at radius 3 is 0.597 bits per heavy atom. The van der Waals surface area contributed by atoms with Crippen LogP contribution in [0, 0.1) is 17.8 Å². The number of hydrogen-bond acceptors (Lipinski definition) is 9. The molecule has 441 valence electrons. The first-order valence-corrected chi connectivity index (χ1v) is 30.3. The van der Waals surface area contributed by atoms with Crippen molar-refractivity contribution in [2.24, 2.45) is 17.8 Å². The van der Waals surface area contributed by atoms with Gasteiger partial charge in [-0.2, -0.15) is 14.2 Å². The largest absolute Gasteiger partial charge is 3.00 e. The van der Waals surface area contributed by atoms with Crippen LogP contribution < -0.4 is 21.5 Å². The quantitative estimate of drug-likeness (QED) is 0.0333. The third-order valence-corrected chi connectivity index (χ3v) is 13.0. The summed E-state index contributed by atoms with van der Waals surface area (Å²) in [6, 6.07) is 0. The summed E-state index contributed by atoms with van der Waals surface area (Å²) < 4.78 is 0.385. The molecule has 0 saturated carbocycles. The summed E-state index contributed by atoms with van der Waals surface area (Å²) in [4.78, 5) is 31.0. The summed E-state index contributed by atoms with van der Waals surface area (Å²) >= 11 is 15.9. The van der Waals surface area contributed by atoms with Crippen molar-refractivity contribution in [1.29, 1.82) is 0 Å². The smallest absolute Gasteiger partial charge is 0.786 e. The van der Waals surface area contributed by atoms with Crippen LogP contribution in [-0.4, -0.2) is 32.1 Å². The Morgan fingerprint density at radius 1 is 0.319 bits per heavy atom. The van der Waals surface area contributed by atoms with Gasteiger partial charge in [-0.1, -0.05) is 296 Å². The van der Waals surface area contributed by atoms with Crippen molar-refractivity contribution < 1.29 is 74.5 Å². The molecule has 0 rings (SSSR count). The second-order valence-electron chi connectivity index (χ2n) is 21.6. The minimum absolute atomic E-state index is 0. The Labute approximate surface area is 499 Å². The number of rotatable bonds is 39. The van der Waals surface area contributed by atoms with E-state index in [1.54, 1.807) is 0 Å². The number of unbranched alkanes of at least 4 members (excludes halogenated alkanes) is 21. The number of aliphatic carboxylic acids is 3. The minimum atomic E-state index is -0.893. The van der Waals surface area contributed by atoms with Gasteiger partial charge in [-0.15, -0.1) is 0 Å². The van der Waals surface area contributed by atoms with Gasteiger partial charge in [0.2, 0.25) is 0 Å². The molecule has 0 aliphatic carbocycles. The van der Waals surface area contributed by atoms with Crippen LogP contribution in [0.1, 0.15) is 335 Å². The van der Waals surface area contributed by atoms with Gasteiger partial charge in [0, 0.05) is 24.1 Å². The molecule has 0 aliphatic rings. The fourth-order valence-corrected chi connectivity index (χ4v) is 7.77. The van der Waals surface area contributed by atoms with Crippen LogP contribution in [0.2, 0.25) is 0 Å². The molecule has 7 nitrogen and oxygen atoms in total. The van der Waals surface area contributed by atoms with Crippen molar-refractivity contribution in [1.82, 2.24) is 6.15 Å². The maximum absolute atomic E-state index is 10.3. The zero-order chi connectivity index (χ0) is 54.4. The maximum Gasteiger partial charge on any atom is 3.00 e. The van der Waals surface area contributed by atoms with Gasteiger partial charge in [-0.25, -0.2) is 0 Å². The molecule has 0 aromatic heterocycles. The average molecular weight is 1440 g/mol. The first kappa shape index (κ1) is 92.3. The molecule has 0 amide bonds. The molecule has 3 radical (unpaired) electrons. The molecule has 0 aromatic carbocycles. The summed E-state index contributed by atoms with van der Waals surface area (Å²) in [5, 5.41) is 31.0. The van der Waals surface area contributed by atoms with Crippen LogP contribution in [0.4, 0.5) is 0 Å². The topological polar surface area (TPSA) is 151 Å². The second kappa shape index (κ2) is 68.0. The van der Waals surface area contributed by atoms with E-state index in [9.17, 15) is 29.7 Å². The van der Waals surface area contributed by atoms with E-state index in [0.29, 0.717) is 19.3 Å². The number of hydrogen-bond donors (Lipinski definition) is 0. The number of carboxylic acids is 3. The first-order chi connectivity index (χ1) is 32.3. The standard InChI is InChI=1S/3C12H26S.3C8H16O2.2Au.N/c3*1-4-5-6-7-8-9-10-11-12(2,3)13;3*1-3-5-6-7(4-2)8(9)10;;;/h3*13H,4-11H2,1-3H3;3*7H,3-6H2,1-2H3,(H,9,10);;;/q;;;;;;2*+3;/p-6. The molecule has 0 N–H and O–H groups in total. The van der Waals surface area contributed by atoms with Crippen molar-refractivity contribution in [3.63, 3.8) is 0 Å². The summed E-state index contributed by atoms with van der Waals surface area (Å²) in [5.41, 5.74) is 0. The molecule has 72 heavy (non-hydrogen) atoms. The molecule has 0 heterocycles. The summed E-state index contributed by atoms with van der Waals surface area (Å²) in [6.45, 7) is 31.5. The van der Waals surface area contributed by atoms with Crippen molar-refractivity contribution in [3.8, 4) is 0 Å². The van der Waals surface area contributed by atoms with Gasteiger partial charge < -0.3 is 67.6 Å². The SMILES string of the molecule is CCCCC(CC)C(=O)[O-].CCCCC(CC)C(=O)[O-].CCCCC(CC)C(=O)[O-].CCCCCCCCCC(C)(C)[S-].CCCCCCCCCC(C)(C)[S-].CCCCCCCCCC(C)(C)[S-].[Au+3].[Au+3].[N]. The van der Waals surface area contributed by atoms with E-state index >= 15 is 0 Å². The van der Waals surface area contributed by atoms with E-state index in [1.165, 1.54) is 154 Å². The van der Waals surface area contributed by atoms with Gasteiger partial charge in [-0.3, -0.25) is 0 Å². The maximum atomic E-state index is 10.3. The van der Waals surface area contributed by atoms with E-state index in [4.69, 9.17) is 37.9 Å². The zero-order valence-electron chi connectivity index (χ0n) is 49.9. The van der Waals surface area contributed by atoms with Crippen LogP contribution in [0.5, 0.6) is 0 Å². The third-order valence-electron chi connectivity index (χ3n) is 12.3. The second-order valence-corrected chi connectivity index (χ2v) is 24.9. The fourth-order valence-electron chi connectivity index (χ4n) is 7.34. The van der Waals surface area contributed by atoms with Crippen LogP contribution >= 0.6 is 0 Å². The molecule has 0 fully saturated rings. The first-order valence-electron chi connectivity index (χ1n) is 29.1. The van der Waals surface area contributed by atoms with E-state index in [0.717, 1.165) is 57.8 Å². The molecular formula is C60H120Au2NO6S3. The molecule has 0 aromatic rings. The zero-order valence-corrected chi connectivity index (χ0v) is 56.7. The number of carbonyl (C=O) groups is 3. The Morgan fingerprint density at radius 2 is 0.472 bits per heavy atom. The minimum Gasteiger partial charge on any atom is -0.786 e. The van der Waals surface area contributed by atoms with Crippen molar-refractivity contribution >= 4 is 55.8 Å². The van der Waals surface area contributed by atoms with E-state index in [-0.39, 0.29) is 82.9 Å². The van der Waals surface area contributed by atoms with Crippen molar-refractivity contribution in [2.75, 3.05) is 0 Å². The normalized spacial score (nSPS) is 11.9. The predicted octanol–water partition coefficient (Wildman–Crippen LogP) is 15.7. The van der Waals surface area contributed by atoms with E-state index < -0.39 is 17.9 Å². The summed E-state index contributed by atoms with van der Waals surface area (Å²) in [6.07, 6.45) is 43.3. The van der Waals surface area contributed by atoms with Gasteiger partial charge in [0.05, 0.1) is 0 Å². The van der Waals surface area contributed by atoms with Gasteiger partial charge in [-0.05, 0) is 56.3 Å². The van der Waals surface area contributed by atoms with Gasteiger partial charge >= 0.3 is 44.8 Å². The molecule has 0 spiro atoms. The van der Waals surface area contributed by atoms with Crippen LogP contribution in [0.15, 0.2) is 0 Å². The van der Waals surface area contributed by atoms with Crippen molar-refractivity contribution in [3.05, 3.63) is 0 Å². The molecule has 12 heteroatoms. The Hall–Kier alpha value is 0.901. The number of carbonyl (C=O) groups excluding carboxylic acids is 3. The van der Waals surface area contributed by atoms with Crippen LogP contribution in [0.25, 0.3) is 0 Å². The molecule has 0 bridgehead atoms. The molecule has 3 unspecified atom stereocenters. The van der Waals surface area contributed by atoms with Crippen molar-refractivity contribution in [2.45, 2.75) is 349 Å². The Kier molecular flexibility index (Phi) is 87.2. The summed E-state index contributed by atoms with van der Waals surface area (Å²) in [5.74, 6) is -3.34. The molecular weight excluding hydrogens is 1320 g/mol. The molecule has 0 saturated heterocycles. The van der Waals surface area contributed by atoms with E-state index in [1.807, 2.05) is 20.8 Å². The summed E-state index contributed by atoms with van der Waals surface area (Å²) in [7, 11) is 0. The predicted molar refractivity (Wildman–Crippen MR) is 309 cm³/mol. The monoisotopic (exact) mass is 1440 g/mol. The van der Waals surface area contributed by atoms with Crippen LogP contribution in [0.3, 0.4) is 0 Å². The molecule has 3 atom stereocenters. The fraction of sp³-hybridized carbons (Fsp3) is 0.950.